The van der Waals surface area contributed by atoms with E-state index in [0.29, 0.717) is 12.5 Å². The van der Waals surface area contributed by atoms with Crippen molar-refractivity contribution in [3.05, 3.63) is 72.3 Å². The van der Waals surface area contributed by atoms with Gasteiger partial charge in [-0.05, 0) is 42.2 Å². The summed E-state index contributed by atoms with van der Waals surface area (Å²) >= 11 is 0. The smallest absolute Gasteiger partial charge is 0.191 e. The van der Waals surface area contributed by atoms with Crippen LogP contribution in [0.1, 0.15) is 30.7 Å². The molecule has 2 N–H and O–H groups in total. The highest BCUT2D eigenvalue weighted by molar-refractivity contribution is 14.0. The number of guanidine groups is 1. The fourth-order valence-corrected chi connectivity index (χ4v) is 3.07. The number of methoxy groups -OCH3 is 1. The van der Waals surface area contributed by atoms with Crippen LogP contribution >= 0.6 is 24.0 Å². The average Bonchev–Trinajstić information content (AvgIpc) is 3.25. The lowest BCUT2D eigenvalue weighted by Gasteiger charge is -2.15. The fraction of sp³-hybridized carbons (Fsp3) is 0.318. The highest BCUT2D eigenvalue weighted by Crippen LogP contribution is 2.21. The summed E-state index contributed by atoms with van der Waals surface area (Å²) < 4.78 is 7.19. The van der Waals surface area contributed by atoms with Gasteiger partial charge in [-0.15, -0.1) is 34.2 Å². The van der Waals surface area contributed by atoms with Crippen LogP contribution in [0.15, 0.2) is 65.9 Å². The zero-order chi connectivity index (χ0) is 20.5. The minimum Gasteiger partial charge on any atom is -0.497 e. The van der Waals surface area contributed by atoms with E-state index in [0.717, 1.165) is 36.2 Å². The molecule has 8 heteroatoms. The summed E-state index contributed by atoms with van der Waals surface area (Å²) in [5, 5.41) is 14.9. The average molecular weight is 520 g/mol. The number of aliphatic imine (C=N–C) groups is 1. The van der Waals surface area contributed by atoms with Crippen molar-refractivity contribution in [2.75, 3.05) is 20.7 Å². The van der Waals surface area contributed by atoms with Crippen molar-refractivity contribution in [1.29, 1.82) is 0 Å². The Hall–Kier alpha value is -2.62. The Balaban J connectivity index is 0.00000320. The molecule has 0 aliphatic heterocycles. The van der Waals surface area contributed by atoms with Crippen LogP contribution in [0.3, 0.4) is 0 Å². The predicted molar refractivity (Wildman–Crippen MR) is 131 cm³/mol. The molecule has 0 aliphatic rings. The van der Waals surface area contributed by atoms with E-state index >= 15 is 0 Å². The Morgan fingerprint density at radius 3 is 2.50 bits per heavy atom. The number of nitrogens with zero attached hydrogens (tertiary/aromatic N) is 4. The molecule has 1 aromatic heterocycles. The van der Waals surface area contributed by atoms with Crippen molar-refractivity contribution in [2.45, 2.75) is 25.8 Å². The van der Waals surface area contributed by atoms with E-state index in [2.05, 4.69) is 44.9 Å². The molecule has 3 rings (SSSR count). The SMILES string of the molecule is CN=C(NCCC(C)c1ccc(OC)cc1)NCc1nncn1-c1ccccc1.I. The van der Waals surface area contributed by atoms with Gasteiger partial charge < -0.3 is 15.4 Å². The molecule has 0 saturated heterocycles. The third-order valence-corrected chi connectivity index (χ3v) is 4.84. The van der Waals surface area contributed by atoms with Crippen LogP contribution in [0.2, 0.25) is 0 Å². The quantitative estimate of drug-likeness (QED) is 0.269. The molecular formula is C22H29IN6O. The van der Waals surface area contributed by atoms with Crippen LogP contribution in [0, 0.1) is 0 Å². The minimum absolute atomic E-state index is 0. The Morgan fingerprint density at radius 1 is 1.10 bits per heavy atom. The van der Waals surface area contributed by atoms with Gasteiger partial charge in [-0.2, -0.15) is 0 Å². The van der Waals surface area contributed by atoms with Crippen LogP contribution in [-0.4, -0.2) is 41.4 Å². The van der Waals surface area contributed by atoms with Crippen LogP contribution < -0.4 is 15.4 Å². The maximum Gasteiger partial charge on any atom is 0.191 e. The Labute approximate surface area is 195 Å². The highest BCUT2D eigenvalue weighted by atomic mass is 127. The molecule has 0 radical (unpaired) electrons. The van der Waals surface area contributed by atoms with Crippen molar-refractivity contribution < 1.29 is 4.74 Å². The maximum absolute atomic E-state index is 5.22. The Kier molecular flexibility index (Phi) is 9.59. The van der Waals surface area contributed by atoms with Gasteiger partial charge in [0.1, 0.15) is 12.1 Å². The summed E-state index contributed by atoms with van der Waals surface area (Å²) in [6, 6.07) is 18.3. The van der Waals surface area contributed by atoms with Crippen LogP contribution in [0.5, 0.6) is 5.75 Å². The van der Waals surface area contributed by atoms with E-state index in [4.69, 9.17) is 4.74 Å². The van der Waals surface area contributed by atoms with Gasteiger partial charge >= 0.3 is 0 Å². The van der Waals surface area contributed by atoms with E-state index in [9.17, 15) is 0 Å². The first-order valence-corrected chi connectivity index (χ1v) is 9.74. The van der Waals surface area contributed by atoms with Crippen LogP contribution in [0.4, 0.5) is 0 Å². The number of halogens is 1. The van der Waals surface area contributed by atoms with Gasteiger partial charge in [0, 0.05) is 19.3 Å². The zero-order valence-electron chi connectivity index (χ0n) is 17.6. The molecule has 160 valence electrons. The van der Waals surface area contributed by atoms with Crippen molar-refractivity contribution in [1.82, 2.24) is 25.4 Å². The maximum atomic E-state index is 5.22. The summed E-state index contributed by atoms with van der Waals surface area (Å²) in [5.41, 5.74) is 2.33. The summed E-state index contributed by atoms with van der Waals surface area (Å²) in [7, 11) is 3.45. The summed E-state index contributed by atoms with van der Waals surface area (Å²) in [6.45, 7) is 3.57. The van der Waals surface area contributed by atoms with E-state index in [-0.39, 0.29) is 24.0 Å². The van der Waals surface area contributed by atoms with E-state index in [1.165, 1.54) is 5.56 Å². The monoisotopic (exact) mass is 520 g/mol. The normalized spacial score (nSPS) is 12.0. The molecule has 0 bridgehead atoms. The lowest BCUT2D eigenvalue weighted by molar-refractivity contribution is 0.414. The molecule has 0 saturated carbocycles. The second kappa shape index (κ2) is 12.2. The number of benzene rings is 2. The largest absolute Gasteiger partial charge is 0.497 e. The van der Waals surface area contributed by atoms with Crippen LogP contribution in [0.25, 0.3) is 5.69 Å². The predicted octanol–water partition coefficient (Wildman–Crippen LogP) is 3.75. The molecule has 0 aliphatic carbocycles. The van der Waals surface area contributed by atoms with Gasteiger partial charge in [0.2, 0.25) is 0 Å². The zero-order valence-corrected chi connectivity index (χ0v) is 19.9. The summed E-state index contributed by atoms with van der Waals surface area (Å²) in [4.78, 5) is 4.30. The fourth-order valence-electron chi connectivity index (χ4n) is 3.07. The van der Waals surface area contributed by atoms with Gasteiger partial charge in [-0.3, -0.25) is 9.56 Å². The number of hydrogen-bond acceptors (Lipinski definition) is 4. The first kappa shape index (κ1) is 23.7. The minimum atomic E-state index is 0. The molecule has 0 fully saturated rings. The van der Waals surface area contributed by atoms with Gasteiger partial charge in [-0.25, -0.2) is 0 Å². The number of aromatic nitrogens is 3. The van der Waals surface area contributed by atoms with Crippen molar-refractivity contribution in [2.24, 2.45) is 4.99 Å². The van der Waals surface area contributed by atoms with Crippen molar-refractivity contribution in [3.63, 3.8) is 0 Å². The standard InChI is InChI=1S/C22H28N6O.HI/c1-17(18-9-11-20(29-3)12-10-18)13-14-24-22(23-2)25-15-21-27-26-16-28(21)19-7-5-4-6-8-19;/h4-12,16-17H,13-15H2,1-3H3,(H2,23,24,25);1H. The van der Waals surface area contributed by atoms with Crippen LogP contribution in [-0.2, 0) is 6.54 Å². The molecule has 1 unspecified atom stereocenters. The first-order valence-electron chi connectivity index (χ1n) is 9.74. The lowest BCUT2D eigenvalue weighted by atomic mass is 9.98. The number of hydrogen-bond donors (Lipinski definition) is 2. The van der Waals surface area contributed by atoms with Gasteiger partial charge in [0.05, 0.1) is 13.7 Å². The molecule has 1 atom stereocenters. The molecule has 3 aromatic rings. The molecule has 30 heavy (non-hydrogen) atoms. The number of para-hydroxylation sites is 1. The molecular weight excluding hydrogens is 491 g/mol. The van der Waals surface area contributed by atoms with Crippen molar-refractivity contribution in [3.8, 4) is 11.4 Å². The van der Waals surface area contributed by atoms with Gasteiger partial charge in [0.15, 0.2) is 11.8 Å². The van der Waals surface area contributed by atoms with E-state index in [1.807, 2.05) is 47.0 Å². The summed E-state index contributed by atoms with van der Waals surface area (Å²) in [6.07, 6.45) is 2.71. The van der Waals surface area contributed by atoms with Gasteiger partial charge in [-0.1, -0.05) is 37.3 Å². The Morgan fingerprint density at radius 2 is 1.83 bits per heavy atom. The second-order valence-electron chi connectivity index (χ2n) is 6.77. The Bertz CT molecular complexity index is 911. The number of ether oxygens (including phenoxy) is 1. The molecule has 7 nitrogen and oxygen atoms in total. The molecule has 0 amide bonds. The molecule has 0 spiro atoms. The van der Waals surface area contributed by atoms with Gasteiger partial charge in [0.25, 0.3) is 0 Å². The van der Waals surface area contributed by atoms with E-state index < -0.39 is 0 Å². The van der Waals surface area contributed by atoms with Crippen molar-refractivity contribution >= 4 is 29.9 Å². The summed E-state index contributed by atoms with van der Waals surface area (Å²) in [5.74, 6) is 2.89. The third kappa shape index (κ3) is 6.45. The van der Waals surface area contributed by atoms with E-state index in [1.54, 1.807) is 20.5 Å². The lowest BCUT2D eigenvalue weighted by Crippen LogP contribution is -2.38. The topological polar surface area (TPSA) is 76.4 Å². The second-order valence-corrected chi connectivity index (χ2v) is 6.77. The highest BCUT2D eigenvalue weighted by Gasteiger charge is 2.09. The molecule has 1 heterocycles. The first-order chi connectivity index (χ1) is 14.2. The number of rotatable bonds is 8. The molecule has 2 aromatic carbocycles. The third-order valence-electron chi connectivity index (χ3n) is 4.84. The number of nitrogens with one attached hydrogen (secondary N) is 2.